The number of nitrogens with zero attached hydrogens (tertiary/aromatic N) is 1. The van der Waals surface area contributed by atoms with Gasteiger partial charge in [-0.3, -0.25) is 4.79 Å². The van der Waals surface area contributed by atoms with Gasteiger partial charge in [0.1, 0.15) is 16.9 Å². The lowest BCUT2D eigenvalue weighted by molar-refractivity contribution is -0.122. The summed E-state index contributed by atoms with van der Waals surface area (Å²) in [6, 6.07) is 13.9. The van der Waals surface area contributed by atoms with E-state index in [0.717, 1.165) is 5.56 Å². The van der Waals surface area contributed by atoms with E-state index in [1.807, 2.05) is 30.3 Å². The number of aromatic amines is 1. The van der Waals surface area contributed by atoms with Gasteiger partial charge in [0.2, 0.25) is 5.91 Å². The quantitative estimate of drug-likeness (QED) is 0.645. The summed E-state index contributed by atoms with van der Waals surface area (Å²) in [5, 5.41) is 13.2. The van der Waals surface area contributed by atoms with Gasteiger partial charge in [0.25, 0.3) is 0 Å². The van der Waals surface area contributed by atoms with E-state index in [1.165, 1.54) is 6.07 Å². The molecule has 0 aliphatic carbocycles. The summed E-state index contributed by atoms with van der Waals surface area (Å²) >= 11 is 0. The maximum Gasteiger partial charge on any atom is 0.220 e. The Bertz CT molecular complexity index is 875. The van der Waals surface area contributed by atoms with Crippen LogP contribution in [0.5, 0.6) is 0 Å². The van der Waals surface area contributed by atoms with E-state index in [4.69, 9.17) is 0 Å². The second-order valence-corrected chi connectivity index (χ2v) is 6.24. The average Bonchev–Trinajstić information content (AvgIpc) is 3.04. The van der Waals surface area contributed by atoms with Crippen molar-refractivity contribution in [2.75, 3.05) is 6.54 Å². The predicted octanol–water partition coefficient (Wildman–Crippen LogP) is 2.66. The summed E-state index contributed by atoms with van der Waals surface area (Å²) in [6.07, 6.45) is 0.569. The normalized spacial score (nSPS) is 13.6. The third kappa shape index (κ3) is 4.03. The van der Waals surface area contributed by atoms with Crippen molar-refractivity contribution < 1.29 is 14.3 Å². The number of imidazole rings is 1. The smallest absolute Gasteiger partial charge is 0.220 e. The molecule has 0 aliphatic rings. The lowest BCUT2D eigenvalue weighted by atomic mass is 9.96. The number of rotatable bonds is 6. The number of fused-ring (bicyclic) bond motifs is 1. The standard InChI is InChI=1S/C19H20FN3O2/c1-19(25,13-6-3-2-4-7-13)12-21-17(24)11-10-16-22-15-9-5-8-14(20)18(15)23-16/h2-9,25H,10-12H2,1H3,(H,21,24)(H,22,23). The number of H-pyrrole nitrogens is 1. The van der Waals surface area contributed by atoms with E-state index in [0.29, 0.717) is 17.8 Å². The van der Waals surface area contributed by atoms with Crippen LogP contribution >= 0.6 is 0 Å². The Morgan fingerprint density at radius 2 is 2.00 bits per heavy atom. The molecule has 1 aromatic heterocycles. The Labute approximate surface area is 144 Å². The molecule has 3 N–H and O–H groups in total. The number of hydrogen-bond donors (Lipinski definition) is 3. The summed E-state index contributed by atoms with van der Waals surface area (Å²) in [5.74, 6) is -0.0226. The largest absolute Gasteiger partial charge is 0.384 e. The summed E-state index contributed by atoms with van der Waals surface area (Å²) in [7, 11) is 0. The average molecular weight is 341 g/mol. The van der Waals surface area contributed by atoms with Crippen LogP contribution in [0.15, 0.2) is 48.5 Å². The Morgan fingerprint density at radius 3 is 2.72 bits per heavy atom. The molecule has 3 aromatic rings. The summed E-state index contributed by atoms with van der Waals surface area (Å²) in [6.45, 7) is 1.77. The summed E-state index contributed by atoms with van der Waals surface area (Å²) < 4.78 is 13.6. The van der Waals surface area contributed by atoms with Crippen LogP contribution in [-0.4, -0.2) is 27.5 Å². The summed E-state index contributed by atoms with van der Waals surface area (Å²) in [5.41, 5.74) is 0.495. The molecule has 0 spiro atoms. The molecule has 0 bridgehead atoms. The lowest BCUT2D eigenvalue weighted by Crippen LogP contribution is -2.38. The van der Waals surface area contributed by atoms with Crippen molar-refractivity contribution in [1.82, 2.24) is 15.3 Å². The highest BCUT2D eigenvalue weighted by atomic mass is 19.1. The van der Waals surface area contributed by atoms with Crippen LogP contribution in [0.25, 0.3) is 11.0 Å². The van der Waals surface area contributed by atoms with E-state index in [1.54, 1.807) is 19.1 Å². The van der Waals surface area contributed by atoms with Crippen molar-refractivity contribution in [3.63, 3.8) is 0 Å². The maximum atomic E-state index is 13.6. The van der Waals surface area contributed by atoms with Crippen LogP contribution in [-0.2, 0) is 16.8 Å². The van der Waals surface area contributed by atoms with E-state index in [-0.39, 0.29) is 30.2 Å². The van der Waals surface area contributed by atoms with Gasteiger partial charge in [0.05, 0.1) is 12.1 Å². The SMILES string of the molecule is CC(O)(CNC(=O)CCc1nc2c(F)cccc2[nH]1)c1ccccc1. The van der Waals surface area contributed by atoms with Crippen LogP contribution < -0.4 is 5.32 Å². The van der Waals surface area contributed by atoms with E-state index in [2.05, 4.69) is 15.3 Å². The van der Waals surface area contributed by atoms with Gasteiger partial charge in [-0.2, -0.15) is 0 Å². The summed E-state index contributed by atoms with van der Waals surface area (Å²) in [4.78, 5) is 19.2. The van der Waals surface area contributed by atoms with Crippen LogP contribution in [0.3, 0.4) is 0 Å². The first-order chi connectivity index (χ1) is 12.0. The molecular formula is C19H20FN3O2. The third-order valence-electron chi connectivity index (χ3n) is 4.13. The van der Waals surface area contributed by atoms with Crippen molar-refractivity contribution in [3.8, 4) is 0 Å². The number of benzene rings is 2. The topological polar surface area (TPSA) is 78.0 Å². The monoisotopic (exact) mass is 341 g/mol. The highest BCUT2D eigenvalue weighted by molar-refractivity contribution is 5.77. The fraction of sp³-hybridized carbons (Fsp3) is 0.263. The number of halogens is 1. The fourth-order valence-corrected chi connectivity index (χ4v) is 2.66. The Morgan fingerprint density at radius 1 is 1.24 bits per heavy atom. The van der Waals surface area contributed by atoms with Gasteiger partial charge in [-0.1, -0.05) is 36.4 Å². The van der Waals surface area contributed by atoms with Gasteiger partial charge < -0.3 is 15.4 Å². The molecule has 0 fully saturated rings. The van der Waals surface area contributed by atoms with Gasteiger partial charge in [0, 0.05) is 12.8 Å². The van der Waals surface area contributed by atoms with Crippen molar-refractivity contribution in [2.24, 2.45) is 0 Å². The third-order valence-corrected chi connectivity index (χ3v) is 4.13. The zero-order chi connectivity index (χ0) is 17.9. The molecule has 25 heavy (non-hydrogen) atoms. The predicted molar refractivity (Wildman–Crippen MR) is 93.4 cm³/mol. The Balaban J connectivity index is 1.55. The molecule has 1 heterocycles. The Kier molecular flexibility index (Phi) is 4.81. The lowest BCUT2D eigenvalue weighted by Gasteiger charge is -2.24. The van der Waals surface area contributed by atoms with Crippen LogP contribution in [0.4, 0.5) is 4.39 Å². The first-order valence-electron chi connectivity index (χ1n) is 8.13. The highest BCUT2D eigenvalue weighted by Crippen LogP contribution is 2.19. The molecule has 2 aromatic carbocycles. The number of aliphatic hydroxyl groups is 1. The van der Waals surface area contributed by atoms with E-state index in [9.17, 15) is 14.3 Å². The second-order valence-electron chi connectivity index (χ2n) is 6.24. The van der Waals surface area contributed by atoms with Crippen molar-refractivity contribution in [1.29, 1.82) is 0 Å². The number of para-hydroxylation sites is 1. The molecule has 0 radical (unpaired) electrons. The van der Waals surface area contributed by atoms with Gasteiger partial charge in [-0.15, -0.1) is 0 Å². The fourth-order valence-electron chi connectivity index (χ4n) is 2.66. The first-order valence-corrected chi connectivity index (χ1v) is 8.13. The van der Waals surface area contributed by atoms with E-state index >= 15 is 0 Å². The van der Waals surface area contributed by atoms with Crippen molar-refractivity contribution in [2.45, 2.75) is 25.4 Å². The molecule has 1 unspecified atom stereocenters. The number of hydrogen-bond acceptors (Lipinski definition) is 3. The highest BCUT2D eigenvalue weighted by Gasteiger charge is 2.23. The molecule has 0 saturated carbocycles. The van der Waals surface area contributed by atoms with Gasteiger partial charge >= 0.3 is 0 Å². The number of nitrogens with one attached hydrogen (secondary N) is 2. The second kappa shape index (κ2) is 7.03. The molecule has 3 rings (SSSR count). The number of aromatic nitrogens is 2. The molecular weight excluding hydrogens is 321 g/mol. The van der Waals surface area contributed by atoms with Crippen LogP contribution in [0, 0.1) is 5.82 Å². The minimum Gasteiger partial charge on any atom is -0.384 e. The Hall–Kier alpha value is -2.73. The number of carbonyl (C=O) groups is 1. The van der Waals surface area contributed by atoms with Gasteiger partial charge in [-0.25, -0.2) is 9.37 Å². The zero-order valence-electron chi connectivity index (χ0n) is 13.9. The van der Waals surface area contributed by atoms with Crippen molar-refractivity contribution >= 4 is 16.9 Å². The maximum absolute atomic E-state index is 13.6. The molecule has 0 aliphatic heterocycles. The number of aryl methyl sites for hydroxylation is 1. The number of amides is 1. The van der Waals surface area contributed by atoms with Gasteiger partial charge in [0.15, 0.2) is 5.82 Å². The van der Waals surface area contributed by atoms with E-state index < -0.39 is 5.60 Å². The minimum absolute atomic E-state index is 0.116. The van der Waals surface area contributed by atoms with Crippen molar-refractivity contribution in [3.05, 3.63) is 65.7 Å². The molecule has 0 saturated heterocycles. The van der Waals surface area contributed by atoms with Gasteiger partial charge in [-0.05, 0) is 24.6 Å². The number of carbonyl (C=O) groups excluding carboxylic acids is 1. The van der Waals surface area contributed by atoms with Crippen LogP contribution in [0.2, 0.25) is 0 Å². The first kappa shape index (κ1) is 17.1. The molecule has 5 nitrogen and oxygen atoms in total. The molecule has 130 valence electrons. The van der Waals surface area contributed by atoms with Crippen LogP contribution in [0.1, 0.15) is 24.7 Å². The minimum atomic E-state index is -1.14. The molecule has 1 atom stereocenters. The molecule has 1 amide bonds. The zero-order valence-corrected chi connectivity index (χ0v) is 13.9. The molecule has 6 heteroatoms.